The van der Waals surface area contributed by atoms with E-state index in [-0.39, 0.29) is 35.1 Å². The van der Waals surface area contributed by atoms with E-state index in [0.29, 0.717) is 30.7 Å². The zero-order valence-electron chi connectivity index (χ0n) is 14.3. The topological polar surface area (TPSA) is 119 Å². The molecule has 0 aliphatic carbocycles. The molecular formula is C16H17N5O5S. The van der Waals surface area contributed by atoms with E-state index < -0.39 is 17.6 Å². The third-order valence-electron chi connectivity index (χ3n) is 4.84. The molecule has 10 nitrogen and oxygen atoms in total. The molecule has 0 saturated carbocycles. The van der Waals surface area contributed by atoms with Gasteiger partial charge in [0.1, 0.15) is 11.4 Å². The van der Waals surface area contributed by atoms with E-state index in [0.717, 1.165) is 15.5 Å². The van der Waals surface area contributed by atoms with Crippen molar-refractivity contribution in [2.24, 2.45) is 0 Å². The van der Waals surface area contributed by atoms with Crippen LogP contribution in [0, 0.1) is 5.21 Å². The molecular weight excluding hydrogens is 374 g/mol. The van der Waals surface area contributed by atoms with Gasteiger partial charge in [0, 0.05) is 50.2 Å². The Morgan fingerprint density at radius 1 is 1.19 bits per heavy atom. The molecule has 2 aliphatic heterocycles. The molecule has 0 spiro atoms. The minimum Gasteiger partial charge on any atom is -0.618 e. The van der Waals surface area contributed by atoms with Gasteiger partial charge in [0.2, 0.25) is 11.8 Å². The third-order valence-corrected chi connectivity index (χ3v) is 5.91. The molecule has 0 aromatic carbocycles. The molecule has 4 rings (SSSR count). The summed E-state index contributed by atoms with van der Waals surface area (Å²) in [6.45, 7) is 1.23. The summed E-state index contributed by atoms with van der Waals surface area (Å²) in [6.07, 6.45) is 2.12. The third kappa shape index (κ3) is 3.03. The number of aromatic nitrogens is 2. The van der Waals surface area contributed by atoms with Crippen molar-refractivity contribution in [3.8, 4) is 0 Å². The Kier molecular flexibility index (Phi) is 4.30. The van der Waals surface area contributed by atoms with Crippen LogP contribution in [-0.2, 0) is 9.59 Å². The summed E-state index contributed by atoms with van der Waals surface area (Å²) in [5, 5.41) is 14.6. The van der Waals surface area contributed by atoms with Crippen molar-refractivity contribution in [3.05, 3.63) is 33.9 Å². The number of piperazine rings is 1. The maximum Gasteiger partial charge on any atom is 0.341 e. The second-order valence-corrected chi connectivity index (χ2v) is 7.43. The van der Waals surface area contributed by atoms with Gasteiger partial charge in [-0.05, 0) is 12.5 Å². The van der Waals surface area contributed by atoms with Crippen LogP contribution in [0.2, 0.25) is 0 Å². The minimum atomic E-state index is -0.516. The highest BCUT2D eigenvalue weighted by atomic mass is 32.1. The van der Waals surface area contributed by atoms with Crippen molar-refractivity contribution in [1.29, 1.82) is 0 Å². The number of pyridine rings is 1. The fourth-order valence-corrected chi connectivity index (χ4v) is 4.30. The lowest BCUT2D eigenvalue weighted by Gasteiger charge is -2.35. The van der Waals surface area contributed by atoms with Gasteiger partial charge in [0.15, 0.2) is 6.20 Å². The van der Waals surface area contributed by atoms with E-state index in [2.05, 4.69) is 5.32 Å². The Morgan fingerprint density at radius 3 is 2.52 bits per heavy atom. The Labute approximate surface area is 157 Å². The molecule has 0 bridgehead atoms. The summed E-state index contributed by atoms with van der Waals surface area (Å²) >= 11 is 0.815. The van der Waals surface area contributed by atoms with Crippen LogP contribution in [0.25, 0.3) is 10.2 Å². The molecule has 0 unspecified atom stereocenters. The van der Waals surface area contributed by atoms with Crippen LogP contribution < -0.4 is 15.6 Å². The number of carbonyl (C=O) groups excluding carboxylic acids is 3. The molecule has 2 saturated heterocycles. The first-order valence-corrected chi connectivity index (χ1v) is 9.34. The SMILES string of the molecule is O=C1CC[C@H](C(=O)N2CCN(C(=O)n3sc4c(ccc[n+]4[O-])c3=O)CC2)N1. The van der Waals surface area contributed by atoms with Crippen molar-refractivity contribution in [2.75, 3.05) is 26.2 Å². The summed E-state index contributed by atoms with van der Waals surface area (Å²) in [6, 6.07) is 1.99. The van der Waals surface area contributed by atoms with Gasteiger partial charge in [-0.1, -0.05) is 0 Å². The summed E-state index contributed by atoms with van der Waals surface area (Å²) in [5.74, 6) is -0.263. The normalized spacial score (nSPS) is 20.1. The van der Waals surface area contributed by atoms with E-state index in [1.807, 2.05) is 0 Å². The molecule has 1 atom stereocenters. The highest BCUT2D eigenvalue weighted by Gasteiger charge is 2.33. The molecule has 0 radical (unpaired) electrons. The molecule has 142 valence electrons. The van der Waals surface area contributed by atoms with Crippen molar-refractivity contribution in [3.63, 3.8) is 0 Å². The van der Waals surface area contributed by atoms with Crippen LogP contribution in [0.15, 0.2) is 23.1 Å². The monoisotopic (exact) mass is 391 g/mol. The van der Waals surface area contributed by atoms with Crippen molar-refractivity contribution >= 4 is 39.6 Å². The molecule has 4 heterocycles. The second kappa shape index (κ2) is 6.65. The Hall–Kier alpha value is -2.95. The molecule has 2 fully saturated rings. The van der Waals surface area contributed by atoms with Crippen molar-refractivity contribution in [2.45, 2.75) is 18.9 Å². The number of carbonyl (C=O) groups is 3. The molecule has 2 aromatic rings. The van der Waals surface area contributed by atoms with E-state index in [9.17, 15) is 24.4 Å². The standard InChI is InChI=1S/C16H17N5O5S/c22-12-4-3-11(17-12)14(24)18-6-8-19(9-7-18)16(25)21-13(23)10-2-1-5-20(26)15(10)27-21/h1-2,5,11H,3-4,6-9H2,(H,17,22)/t11-/m1/s1. The van der Waals surface area contributed by atoms with Gasteiger partial charge in [-0.2, -0.15) is 8.69 Å². The number of hydrogen-bond donors (Lipinski definition) is 1. The minimum absolute atomic E-state index is 0.123. The number of amides is 3. The highest BCUT2D eigenvalue weighted by Crippen LogP contribution is 2.15. The first kappa shape index (κ1) is 17.5. The zero-order valence-corrected chi connectivity index (χ0v) is 15.1. The van der Waals surface area contributed by atoms with Gasteiger partial charge < -0.3 is 20.3 Å². The lowest BCUT2D eigenvalue weighted by molar-refractivity contribution is -0.574. The predicted molar refractivity (Wildman–Crippen MR) is 95.2 cm³/mol. The first-order chi connectivity index (χ1) is 13.0. The van der Waals surface area contributed by atoms with Crippen LogP contribution in [0.5, 0.6) is 0 Å². The van der Waals surface area contributed by atoms with Gasteiger partial charge in [0.25, 0.3) is 5.56 Å². The second-order valence-electron chi connectivity index (χ2n) is 6.50. The van der Waals surface area contributed by atoms with Gasteiger partial charge in [-0.25, -0.2) is 4.79 Å². The maximum absolute atomic E-state index is 12.7. The Morgan fingerprint density at radius 2 is 1.89 bits per heavy atom. The Balaban J connectivity index is 1.45. The lowest BCUT2D eigenvalue weighted by atomic mass is 10.2. The fourth-order valence-electron chi connectivity index (χ4n) is 3.36. The van der Waals surface area contributed by atoms with Gasteiger partial charge in [-0.15, -0.1) is 0 Å². The molecule has 3 amide bonds. The molecule has 2 aromatic heterocycles. The van der Waals surface area contributed by atoms with Crippen LogP contribution in [-0.4, -0.2) is 63.8 Å². The largest absolute Gasteiger partial charge is 0.618 e. The average Bonchev–Trinajstić information content (AvgIpc) is 3.26. The van der Waals surface area contributed by atoms with Gasteiger partial charge >= 0.3 is 10.9 Å². The summed E-state index contributed by atoms with van der Waals surface area (Å²) in [7, 11) is 0. The van der Waals surface area contributed by atoms with E-state index in [4.69, 9.17) is 0 Å². The van der Waals surface area contributed by atoms with Crippen molar-refractivity contribution < 1.29 is 19.1 Å². The highest BCUT2D eigenvalue weighted by molar-refractivity contribution is 7.13. The van der Waals surface area contributed by atoms with Crippen LogP contribution >= 0.6 is 11.5 Å². The summed E-state index contributed by atoms with van der Waals surface area (Å²) < 4.78 is 1.55. The predicted octanol–water partition coefficient (Wildman–Crippen LogP) is -0.913. The molecule has 2 aliphatic rings. The summed E-state index contributed by atoms with van der Waals surface area (Å²) in [4.78, 5) is 52.1. The lowest BCUT2D eigenvalue weighted by Crippen LogP contribution is -2.55. The number of hydrogen-bond acceptors (Lipinski definition) is 6. The van der Waals surface area contributed by atoms with E-state index in [1.54, 1.807) is 4.90 Å². The van der Waals surface area contributed by atoms with Crippen LogP contribution in [0.4, 0.5) is 4.79 Å². The molecule has 27 heavy (non-hydrogen) atoms. The van der Waals surface area contributed by atoms with Crippen LogP contribution in [0.3, 0.4) is 0 Å². The summed E-state index contributed by atoms with van der Waals surface area (Å²) in [5.41, 5.74) is -0.516. The first-order valence-electron chi connectivity index (χ1n) is 8.57. The number of fused-ring (bicyclic) bond motifs is 1. The van der Waals surface area contributed by atoms with Crippen molar-refractivity contribution in [1.82, 2.24) is 19.1 Å². The zero-order chi connectivity index (χ0) is 19.1. The smallest absolute Gasteiger partial charge is 0.341 e. The number of nitrogens with zero attached hydrogens (tertiary/aromatic N) is 4. The average molecular weight is 391 g/mol. The number of nitrogens with one attached hydrogen (secondary N) is 1. The quantitative estimate of drug-likeness (QED) is 0.499. The number of rotatable bonds is 1. The van der Waals surface area contributed by atoms with Gasteiger partial charge in [-0.3, -0.25) is 14.4 Å². The maximum atomic E-state index is 12.7. The molecule has 11 heteroatoms. The van der Waals surface area contributed by atoms with E-state index in [1.165, 1.54) is 23.2 Å². The fraction of sp³-hybridized carbons (Fsp3) is 0.438. The van der Waals surface area contributed by atoms with E-state index >= 15 is 0 Å². The Bertz CT molecular complexity index is 991. The molecule has 1 N–H and O–H groups in total. The van der Waals surface area contributed by atoms with Crippen LogP contribution in [0.1, 0.15) is 12.8 Å². The van der Waals surface area contributed by atoms with Gasteiger partial charge in [0.05, 0.1) is 0 Å².